The Morgan fingerprint density at radius 1 is 1.53 bits per heavy atom. The zero-order valence-electron chi connectivity index (χ0n) is 9.26. The number of ether oxygens (including phenoxy) is 1. The summed E-state index contributed by atoms with van der Waals surface area (Å²) in [4.78, 5) is 11.6. The number of nitrogens with zero attached hydrogens (tertiary/aromatic N) is 2. The van der Waals surface area contributed by atoms with E-state index in [0.717, 1.165) is 5.56 Å². The minimum atomic E-state index is -0.218. The van der Waals surface area contributed by atoms with Crippen molar-refractivity contribution < 1.29 is 9.53 Å². The second kappa shape index (κ2) is 5.01. The summed E-state index contributed by atoms with van der Waals surface area (Å²) in [5, 5.41) is 4.48. The number of benzene rings is 1. The lowest BCUT2D eigenvalue weighted by Gasteiger charge is -2.08. The van der Waals surface area contributed by atoms with E-state index in [1.54, 1.807) is 36.7 Å². The van der Waals surface area contributed by atoms with Gasteiger partial charge in [0.15, 0.2) is 6.61 Å². The Kier molecular flexibility index (Phi) is 3.44. The molecule has 0 atom stereocenters. The van der Waals surface area contributed by atoms with Crippen molar-refractivity contribution in [3.63, 3.8) is 0 Å². The van der Waals surface area contributed by atoms with Crippen molar-refractivity contribution in [2.45, 2.75) is 6.92 Å². The van der Waals surface area contributed by atoms with Crippen LogP contribution in [0.1, 0.15) is 10.4 Å². The van der Waals surface area contributed by atoms with Crippen LogP contribution in [0, 0.1) is 6.92 Å². The normalized spacial score (nSPS) is 10.2. The molecule has 0 bridgehead atoms. The van der Waals surface area contributed by atoms with Crippen LogP contribution < -0.4 is 4.74 Å². The van der Waals surface area contributed by atoms with Gasteiger partial charge < -0.3 is 4.74 Å². The van der Waals surface area contributed by atoms with Crippen molar-refractivity contribution in [3.8, 4) is 5.75 Å². The molecule has 0 saturated heterocycles. The zero-order chi connectivity index (χ0) is 12.3. The Morgan fingerprint density at radius 2 is 2.35 bits per heavy atom. The number of aryl methyl sites for hydroxylation is 1. The predicted octanol–water partition coefficient (Wildman–Crippen LogP) is 2.56. The standard InChI is InChI=1S/C12H11ClN2O2/c1-9-7-10(13)3-4-11(9)17-8-12(16)15-6-2-5-14-15/h2-7H,8H2,1H3. The Morgan fingerprint density at radius 3 is 3.00 bits per heavy atom. The molecule has 0 unspecified atom stereocenters. The third kappa shape index (κ3) is 2.85. The van der Waals surface area contributed by atoms with Gasteiger partial charge in [0.1, 0.15) is 5.75 Å². The van der Waals surface area contributed by atoms with E-state index in [0.29, 0.717) is 10.8 Å². The van der Waals surface area contributed by atoms with E-state index in [-0.39, 0.29) is 12.5 Å². The third-order valence-electron chi connectivity index (χ3n) is 2.25. The molecule has 2 rings (SSSR count). The van der Waals surface area contributed by atoms with Crippen LogP contribution >= 0.6 is 11.6 Å². The maximum atomic E-state index is 11.6. The van der Waals surface area contributed by atoms with Crippen molar-refractivity contribution in [3.05, 3.63) is 47.2 Å². The summed E-state index contributed by atoms with van der Waals surface area (Å²) in [5.41, 5.74) is 0.894. The van der Waals surface area contributed by atoms with Crippen LogP contribution in [-0.2, 0) is 0 Å². The van der Waals surface area contributed by atoms with E-state index >= 15 is 0 Å². The highest BCUT2D eigenvalue weighted by Gasteiger charge is 2.07. The van der Waals surface area contributed by atoms with Crippen LogP contribution in [0.2, 0.25) is 5.02 Å². The van der Waals surface area contributed by atoms with Gasteiger partial charge in [0, 0.05) is 17.4 Å². The minimum absolute atomic E-state index is 0.0514. The van der Waals surface area contributed by atoms with Crippen LogP contribution in [0.15, 0.2) is 36.7 Å². The molecule has 17 heavy (non-hydrogen) atoms. The first kappa shape index (κ1) is 11.7. The van der Waals surface area contributed by atoms with Gasteiger partial charge in [-0.2, -0.15) is 5.10 Å². The molecule has 5 heteroatoms. The highest BCUT2D eigenvalue weighted by Crippen LogP contribution is 2.21. The molecule has 1 heterocycles. The maximum absolute atomic E-state index is 11.6. The van der Waals surface area contributed by atoms with Crippen LogP contribution in [0.5, 0.6) is 5.75 Å². The number of hydrogen-bond acceptors (Lipinski definition) is 3. The molecular weight excluding hydrogens is 240 g/mol. The Hall–Kier alpha value is -1.81. The molecule has 0 aliphatic rings. The van der Waals surface area contributed by atoms with Crippen LogP contribution in [0.3, 0.4) is 0 Å². The SMILES string of the molecule is Cc1cc(Cl)ccc1OCC(=O)n1cccn1. The molecule has 1 aromatic heterocycles. The topological polar surface area (TPSA) is 44.1 Å². The van der Waals surface area contributed by atoms with Crippen molar-refractivity contribution in [1.29, 1.82) is 0 Å². The number of carbonyl (C=O) groups excluding carboxylic acids is 1. The highest BCUT2D eigenvalue weighted by molar-refractivity contribution is 6.30. The average molecular weight is 251 g/mol. The molecule has 0 amide bonds. The van der Waals surface area contributed by atoms with Gasteiger partial charge in [-0.25, -0.2) is 4.68 Å². The van der Waals surface area contributed by atoms with Gasteiger partial charge >= 0.3 is 0 Å². The molecular formula is C12H11ClN2O2. The molecule has 0 radical (unpaired) electrons. The first-order chi connectivity index (χ1) is 8.16. The minimum Gasteiger partial charge on any atom is -0.483 e. The molecule has 0 fully saturated rings. The summed E-state index contributed by atoms with van der Waals surface area (Å²) in [7, 11) is 0. The maximum Gasteiger partial charge on any atom is 0.284 e. The molecule has 0 N–H and O–H groups in total. The fraction of sp³-hybridized carbons (Fsp3) is 0.167. The highest BCUT2D eigenvalue weighted by atomic mass is 35.5. The molecule has 0 saturated carbocycles. The van der Waals surface area contributed by atoms with E-state index in [9.17, 15) is 4.79 Å². The molecule has 2 aromatic rings. The van der Waals surface area contributed by atoms with Crippen LogP contribution in [-0.4, -0.2) is 22.3 Å². The van der Waals surface area contributed by atoms with E-state index in [1.165, 1.54) is 4.68 Å². The summed E-state index contributed by atoms with van der Waals surface area (Å²) < 4.78 is 6.65. The van der Waals surface area contributed by atoms with Gasteiger partial charge in [-0.1, -0.05) is 11.6 Å². The number of hydrogen-bond donors (Lipinski definition) is 0. The summed E-state index contributed by atoms with van der Waals surface area (Å²) in [6.45, 7) is 1.82. The molecule has 0 spiro atoms. The number of rotatable bonds is 3. The summed E-state index contributed by atoms with van der Waals surface area (Å²) in [6.07, 6.45) is 3.13. The first-order valence-corrected chi connectivity index (χ1v) is 5.46. The lowest BCUT2D eigenvalue weighted by atomic mass is 10.2. The number of aromatic nitrogens is 2. The van der Waals surface area contributed by atoms with Crippen LogP contribution in [0.4, 0.5) is 0 Å². The van der Waals surface area contributed by atoms with Gasteiger partial charge in [-0.15, -0.1) is 0 Å². The quantitative estimate of drug-likeness (QED) is 0.841. The molecule has 88 valence electrons. The van der Waals surface area contributed by atoms with Crippen molar-refractivity contribution in [2.24, 2.45) is 0 Å². The number of halogens is 1. The lowest BCUT2D eigenvalue weighted by molar-refractivity contribution is 0.0820. The second-order valence-corrected chi connectivity index (χ2v) is 3.98. The predicted molar refractivity (Wildman–Crippen MR) is 64.5 cm³/mol. The fourth-order valence-electron chi connectivity index (χ4n) is 1.40. The summed E-state index contributed by atoms with van der Waals surface area (Å²) >= 11 is 5.82. The zero-order valence-corrected chi connectivity index (χ0v) is 10.0. The van der Waals surface area contributed by atoms with Crippen molar-refractivity contribution in [1.82, 2.24) is 9.78 Å². The van der Waals surface area contributed by atoms with Gasteiger partial charge in [0.2, 0.25) is 0 Å². The van der Waals surface area contributed by atoms with E-state index in [1.807, 2.05) is 6.92 Å². The molecule has 4 nitrogen and oxygen atoms in total. The Balaban J connectivity index is 2.01. The summed E-state index contributed by atoms with van der Waals surface area (Å²) in [5.74, 6) is 0.430. The van der Waals surface area contributed by atoms with Gasteiger partial charge in [-0.3, -0.25) is 4.79 Å². The van der Waals surface area contributed by atoms with Gasteiger partial charge in [0.05, 0.1) is 0 Å². The lowest BCUT2D eigenvalue weighted by Crippen LogP contribution is -2.19. The van der Waals surface area contributed by atoms with E-state index in [2.05, 4.69) is 5.10 Å². The monoisotopic (exact) mass is 250 g/mol. The average Bonchev–Trinajstić information content (AvgIpc) is 2.81. The second-order valence-electron chi connectivity index (χ2n) is 3.54. The van der Waals surface area contributed by atoms with Crippen molar-refractivity contribution in [2.75, 3.05) is 6.61 Å². The molecule has 0 aliphatic heterocycles. The van der Waals surface area contributed by atoms with E-state index in [4.69, 9.17) is 16.3 Å². The largest absolute Gasteiger partial charge is 0.483 e. The van der Waals surface area contributed by atoms with E-state index < -0.39 is 0 Å². The van der Waals surface area contributed by atoms with Crippen LogP contribution in [0.25, 0.3) is 0 Å². The third-order valence-corrected chi connectivity index (χ3v) is 2.48. The number of carbonyl (C=O) groups is 1. The Bertz CT molecular complexity index is 523. The summed E-state index contributed by atoms with van der Waals surface area (Å²) in [6, 6.07) is 6.94. The smallest absolute Gasteiger partial charge is 0.284 e. The fourth-order valence-corrected chi connectivity index (χ4v) is 1.62. The molecule has 0 aliphatic carbocycles. The first-order valence-electron chi connectivity index (χ1n) is 5.08. The molecule has 1 aromatic carbocycles. The van der Waals surface area contributed by atoms with Gasteiger partial charge in [0.25, 0.3) is 5.91 Å². The van der Waals surface area contributed by atoms with Gasteiger partial charge in [-0.05, 0) is 36.8 Å². The Labute approximate surface area is 104 Å². The van der Waals surface area contributed by atoms with Crippen molar-refractivity contribution >= 4 is 17.5 Å².